The van der Waals surface area contributed by atoms with Crippen LogP contribution in [0.25, 0.3) is 22.3 Å². The topological polar surface area (TPSA) is 9.86 Å². The Bertz CT molecular complexity index is 969. The first-order valence-corrected chi connectivity index (χ1v) is 19.1. The Balaban J connectivity index is 2.08. The predicted molar refractivity (Wildman–Crippen MR) is 164 cm³/mol. The summed E-state index contributed by atoms with van der Waals surface area (Å²) in [6.45, 7) is 29.3. The maximum atomic E-state index is 2.67. The zero-order valence-corrected chi connectivity index (χ0v) is 27.2. The largest absolute Gasteiger partial charge is 0.379 e. The summed E-state index contributed by atoms with van der Waals surface area (Å²) in [7, 11) is -3.46. The van der Waals surface area contributed by atoms with Gasteiger partial charge in [0.1, 0.15) is 0 Å². The SMILES string of the molecule is CC(C)[Si](C(C)C)(C(C)C)n1ccc(-c2cscc2-c2ccn([Si](C(C)C)(C(C)C)C(C)C)c2)c1. The first-order chi connectivity index (χ1) is 16.3. The molecule has 0 saturated carbocycles. The molecule has 0 atom stereocenters. The summed E-state index contributed by atoms with van der Waals surface area (Å²) in [5.74, 6) is 0. The van der Waals surface area contributed by atoms with Crippen molar-refractivity contribution in [2.24, 2.45) is 0 Å². The highest BCUT2D eigenvalue weighted by atomic mass is 32.1. The molecule has 2 nitrogen and oxygen atoms in total. The Morgan fingerprint density at radius 1 is 0.514 bits per heavy atom. The number of rotatable bonds is 10. The van der Waals surface area contributed by atoms with E-state index in [9.17, 15) is 0 Å². The second kappa shape index (κ2) is 10.6. The fourth-order valence-electron chi connectivity index (χ4n) is 8.13. The van der Waals surface area contributed by atoms with E-state index in [-0.39, 0.29) is 0 Å². The lowest BCUT2D eigenvalue weighted by Gasteiger charge is -2.44. The molecule has 0 spiro atoms. The zero-order valence-electron chi connectivity index (χ0n) is 24.4. The summed E-state index contributed by atoms with van der Waals surface area (Å²) in [5.41, 5.74) is 9.67. The van der Waals surface area contributed by atoms with E-state index < -0.39 is 16.5 Å². The number of thiophene rings is 1. The molecule has 35 heavy (non-hydrogen) atoms. The van der Waals surface area contributed by atoms with E-state index in [1.807, 2.05) is 11.3 Å². The van der Waals surface area contributed by atoms with Gasteiger partial charge in [0, 0.05) is 23.5 Å². The van der Waals surface area contributed by atoms with Crippen LogP contribution < -0.4 is 0 Å². The summed E-state index contributed by atoms with van der Waals surface area (Å²) in [6, 6.07) is 4.74. The summed E-state index contributed by atoms with van der Waals surface area (Å²) in [6.07, 6.45) is 9.74. The summed E-state index contributed by atoms with van der Waals surface area (Å²) >= 11 is 1.83. The first kappa shape index (κ1) is 28.3. The molecule has 0 unspecified atom stereocenters. The van der Waals surface area contributed by atoms with Gasteiger partial charge in [-0.25, -0.2) is 0 Å². The molecule has 3 heterocycles. The molecule has 0 fully saturated rings. The van der Waals surface area contributed by atoms with Gasteiger partial charge in [-0.2, -0.15) is 11.3 Å². The Kier molecular flexibility index (Phi) is 8.55. The number of nitrogens with zero attached hydrogens (tertiary/aromatic N) is 2. The third-order valence-corrected chi connectivity index (χ3v) is 23.3. The van der Waals surface area contributed by atoms with Crippen molar-refractivity contribution >= 4 is 27.8 Å². The van der Waals surface area contributed by atoms with Crippen molar-refractivity contribution in [1.29, 1.82) is 0 Å². The lowest BCUT2D eigenvalue weighted by atomic mass is 10.0. The smallest absolute Gasteiger partial charge is 0.168 e. The third-order valence-electron chi connectivity index (χ3n) is 9.11. The highest BCUT2D eigenvalue weighted by molar-refractivity contribution is 7.08. The van der Waals surface area contributed by atoms with Crippen LogP contribution in [0.15, 0.2) is 47.7 Å². The van der Waals surface area contributed by atoms with Crippen LogP contribution in [-0.2, 0) is 0 Å². The molecular formula is C30H50N2SSi2. The van der Waals surface area contributed by atoms with E-state index in [0.717, 1.165) is 0 Å². The molecule has 0 amide bonds. The zero-order chi connectivity index (χ0) is 26.3. The van der Waals surface area contributed by atoms with Crippen LogP contribution >= 0.6 is 11.3 Å². The molecule has 3 aromatic rings. The molecular weight excluding hydrogens is 477 g/mol. The fraction of sp³-hybridized carbons (Fsp3) is 0.600. The average molecular weight is 527 g/mol. The molecule has 0 aromatic carbocycles. The Morgan fingerprint density at radius 2 is 0.800 bits per heavy atom. The predicted octanol–water partition coefficient (Wildman–Crippen LogP) is 10.7. The molecule has 0 saturated heterocycles. The van der Waals surface area contributed by atoms with Crippen LogP contribution in [-0.4, -0.2) is 24.9 Å². The monoisotopic (exact) mass is 526 g/mol. The molecule has 5 heteroatoms. The van der Waals surface area contributed by atoms with Gasteiger partial charge < -0.3 is 8.47 Å². The van der Waals surface area contributed by atoms with Crippen LogP contribution in [0.1, 0.15) is 83.1 Å². The van der Waals surface area contributed by atoms with Crippen molar-refractivity contribution < 1.29 is 0 Å². The molecule has 0 N–H and O–H groups in total. The van der Waals surface area contributed by atoms with Gasteiger partial charge in [0.15, 0.2) is 16.5 Å². The van der Waals surface area contributed by atoms with Crippen molar-refractivity contribution in [1.82, 2.24) is 8.47 Å². The van der Waals surface area contributed by atoms with E-state index in [1.54, 1.807) is 0 Å². The standard InChI is InChI=1S/C30H50N2SSi2/c1-21(2)34(22(3)4,23(5)6)31-15-13-27(17-31)29-19-33-20-30(29)28-14-16-32(18-28)35(24(7)8,25(9)10)26(11)12/h13-26H,1-12H3. The van der Waals surface area contributed by atoms with Gasteiger partial charge >= 0.3 is 0 Å². The van der Waals surface area contributed by atoms with Crippen LogP contribution in [0.4, 0.5) is 0 Å². The third kappa shape index (κ3) is 4.50. The number of aromatic nitrogens is 2. The Hall–Kier alpha value is -1.31. The highest BCUT2D eigenvalue weighted by Crippen LogP contribution is 2.46. The van der Waals surface area contributed by atoms with Gasteiger partial charge in [-0.15, -0.1) is 0 Å². The van der Waals surface area contributed by atoms with Crippen molar-refractivity contribution in [3.63, 3.8) is 0 Å². The van der Waals surface area contributed by atoms with Gasteiger partial charge in [-0.05, 0) is 79.7 Å². The summed E-state index contributed by atoms with van der Waals surface area (Å²) in [4.78, 5) is 0. The van der Waals surface area contributed by atoms with Crippen molar-refractivity contribution in [2.75, 3.05) is 0 Å². The van der Waals surface area contributed by atoms with E-state index in [4.69, 9.17) is 0 Å². The van der Waals surface area contributed by atoms with Gasteiger partial charge in [0.25, 0.3) is 0 Å². The number of hydrogen-bond acceptors (Lipinski definition) is 1. The van der Waals surface area contributed by atoms with E-state index >= 15 is 0 Å². The molecule has 0 aliphatic carbocycles. The van der Waals surface area contributed by atoms with Crippen LogP contribution in [0.5, 0.6) is 0 Å². The van der Waals surface area contributed by atoms with Gasteiger partial charge in [-0.1, -0.05) is 83.1 Å². The second-order valence-corrected chi connectivity index (χ2v) is 24.8. The average Bonchev–Trinajstić information content (AvgIpc) is 3.47. The van der Waals surface area contributed by atoms with Gasteiger partial charge in [-0.3, -0.25) is 0 Å². The van der Waals surface area contributed by atoms with E-state index in [2.05, 4.69) is 139 Å². The van der Waals surface area contributed by atoms with E-state index in [0.29, 0.717) is 33.2 Å². The minimum absolute atomic E-state index is 0.694. The molecule has 0 radical (unpaired) electrons. The first-order valence-electron chi connectivity index (χ1n) is 13.8. The summed E-state index contributed by atoms with van der Waals surface area (Å²) in [5, 5.41) is 4.71. The van der Waals surface area contributed by atoms with Gasteiger partial charge in [0.2, 0.25) is 0 Å². The van der Waals surface area contributed by atoms with Crippen LogP contribution in [0.3, 0.4) is 0 Å². The van der Waals surface area contributed by atoms with Crippen molar-refractivity contribution in [3.05, 3.63) is 47.7 Å². The molecule has 194 valence electrons. The summed E-state index contributed by atoms with van der Waals surface area (Å²) < 4.78 is 5.34. The molecule has 3 aromatic heterocycles. The van der Waals surface area contributed by atoms with Gasteiger partial charge in [0.05, 0.1) is 0 Å². The van der Waals surface area contributed by atoms with Crippen LogP contribution in [0, 0.1) is 0 Å². The lowest BCUT2D eigenvalue weighted by molar-refractivity contribution is 0.765. The van der Waals surface area contributed by atoms with E-state index in [1.165, 1.54) is 22.3 Å². The van der Waals surface area contributed by atoms with Crippen molar-refractivity contribution in [3.8, 4) is 22.3 Å². The Labute approximate surface area is 222 Å². The molecule has 0 bridgehead atoms. The minimum atomic E-state index is -1.73. The normalized spacial score (nSPS) is 13.5. The quantitative estimate of drug-likeness (QED) is 0.232. The maximum absolute atomic E-state index is 2.67. The molecule has 3 rings (SSSR count). The molecule has 0 aliphatic rings. The van der Waals surface area contributed by atoms with Crippen molar-refractivity contribution in [2.45, 2.75) is 116 Å². The fourth-order valence-corrected chi connectivity index (χ4v) is 22.0. The minimum Gasteiger partial charge on any atom is -0.379 e. The number of hydrogen-bond donors (Lipinski definition) is 0. The Morgan fingerprint density at radius 3 is 1.06 bits per heavy atom. The molecule has 0 aliphatic heterocycles. The van der Waals surface area contributed by atoms with Crippen LogP contribution in [0.2, 0.25) is 33.2 Å². The highest BCUT2D eigenvalue weighted by Gasteiger charge is 2.46. The lowest BCUT2D eigenvalue weighted by Crippen LogP contribution is -2.51. The second-order valence-electron chi connectivity index (χ2n) is 12.5. The maximum Gasteiger partial charge on any atom is 0.168 e.